The van der Waals surface area contributed by atoms with Crippen LogP contribution in [0.2, 0.25) is 0 Å². The third-order valence-electron chi connectivity index (χ3n) is 2.52. The number of aliphatic hydroxyl groups is 1. The van der Waals surface area contributed by atoms with Crippen molar-refractivity contribution in [1.82, 2.24) is 0 Å². The van der Waals surface area contributed by atoms with Crippen LogP contribution in [0.15, 0.2) is 0 Å². The second-order valence-corrected chi connectivity index (χ2v) is 3.60. The van der Waals surface area contributed by atoms with E-state index in [1.807, 2.05) is 0 Å². The van der Waals surface area contributed by atoms with Gasteiger partial charge in [-0.3, -0.25) is 0 Å². The Kier molecular flexibility index (Phi) is 3.98. The number of rotatable bonds is 6. The molecular weight excluding hydrogens is 154 g/mol. The standard InChI is InChI=1S/C9H19NO2/c1-7-5-8(7)9(6-10)12-4-2-3-11/h7-9,11H,2-6,10H2,1H3. The minimum atomic E-state index is 0.206. The van der Waals surface area contributed by atoms with E-state index in [0.717, 1.165) is 12.3 Å². The van der Waals surface area contributed by atoms with E-state index in [1.54, 1.807) is 0 Å². The Hall–Kier alpha value is -0.120. The monoisotopic (exact) mass is 173 g/mol. The van der Waals surface area contributed by atoms with Crippen LogP contribution in [-0.4, -0.2) is 31.0 Å². The minimum absolute atomic E-state index is 0.206. The molecule has 72 valence electrons. The zero-order valence-corrected chi connectivity index (χ0v) is 7.70. The molecule has 3 atom stereocenters. The smallest absolute Gasteiger partial charge is 0.0728 e. The summed E-state index contributed by atoms with van der Waals surface area (Å²) in [6.07, 6.45) is 2.20. The maximum Gasteiger partial charge on any atom is 0.0728 e. The van der Waals surface area contributed by atoms with Crippen molar-refractivity contribution in [1.29, 1.82) is 0 Å². The molecular formula is C9H19NO2. The highest BCUT2D eigenvalue weighted by Crippen LogP contribution is 2.41. The molecule has 0 aromatic heterocycles. The molecule has 0 heterocycles. The SMILES string of the molecule is CC1CC1C(CN)OCCCO. The molecule has 1 saturated carbocycles. The Labute approximate surface area is 73.9 Å². The third-order valence-corrected chi connectivity index (χ3v) is 2.52. The molecule has 0 amide bonds. The average Bonchev–Trinajstić information content (AvgIpc) is 2.77. The Balaban J connectivity index is 2.09. The quantitative estimate of drug-likeness (QED) is 0.570. The van der Waals surface area contributed by atoms with Crippen LogP contribution in [0.4, 0.5) is 0 Å². The van der Waals surface area contributed by atoms with Crippen molar-refractivity contribution in [2.24, 2.45) is 17.6 Å². The molecule has 0 aliphatic heterocycles. The maximum atomic E-state index is 8.55. The first kappa shape index (κ1) is 9.96. The highest BCUT2D eigenvalue weighted by atomic mass is 16.5. The first-order chi connectivity index (χ1) is 5.79. The summed E-state index contributed by atoms with van der Waals surface area (Å²) in [4.78, 5) is 0. The molecule has 1 aliphatic rings. The molecule has 0 saturated heterocycles. The Morgan fingerprint density at radius 2 is 2.33 bits per heavy atom. The van der Waals surface area contributed by atoms with E-state index in [0.29, 0.717) is 19.1 Å². The number of nitrogens with two attached hydrogens (primary N) is 1. The summed E-state index contributed by atoms with van der Waals surface area (Å²) in [6, 6.07) is 0. The Morgan fingerprint density at radius 3 is 2.75 bits per heavy atom. The second-order valence-electron chi connectivity index (χ2n) is 3.60. The van der Waals surface area contributed by atoms with Crippen LogP contribution < -0.4 is 5.73 Å². The van der Waals surface area contributed by atoms with Gasteiger partial charge in [0.2, 0.25) is 0 Å². The molecule has 1 rings (SSSR count). The van der Waals surface area contributed by atoms with Crippen LogP contribution in [0, 0.1) is 11.8 Å². The van der Waals surface area contributed by atoms with Gasteiger partial charge in [-0.1, -0.05) is 6.92 Å². The van der Waals surface area contributed by atoms with Gasteiger partial charge in [0, 0.05) is 19.8 Å². The predicted octanol–water partition coefficient (Wildman–Crippen LogP) is 0.369. The van der Waals surface area contributed by atoms with Crippen molar-refractivity contribution in [3.05, 3.63) is 0 Å². The fourth-order valence-corrected chi connectivity index (χ4v) is 1.53. The minimum Gasteiger partial charge on any atom is -0.396 e. The van der Waals surface area contributed by atoms with Gasteiger partial charge in [0.1, 0.15) is 0 Å². The van der Waals surface area contributed by atoms with Crippen molar-refractivity contribution < 1.29 is 9.84 Å². The van der Waals surface area contributed by atoms with E-state index in [-0.39, 0.29) is 12.7 Å². The Bertz CT molecular complexity index is 130. The predicted molar refractivity (Wildman–Crippen MR) is 47.8 cm³/mol. The van der Waals surface area contributed by atoms with Gasteiger partial charge in [-0.2, -0.15) is 0 Å². The molecule has 0 radical (unpaired) electrons. The van der Waals surface area contributed by atoms with E-state index >= 15 is 0 Å². The summed E-state index contributed by atoms with van der Waals surface area (Å²) in [5.41, 5.74) is 5.57. The fraction of sp³-hybridized carbons (Fsp3) is 1.00. The summed E-state index contributed by atoms with van der Waals surface area (Å²) in [7, 11) is 0. The number of ether oxygens (including phenoxy) is 1. The van der Waals surface area contributed by atoms with Gasteiger partial charge in [-0.25, -0.2) is 0 Å². The van der Waals surface area contributed by atoms with Gasteiger partial charge >= 0.3 is 0 Å². The highest BCUT2D eigenvalue weighted by Gasteiger charge is 2.39. The molecule has 1 aliphatic carbocycles. The lowest BCUT2D eigenvalue weighted by Gasteiger charge is -2.14. The van der Waals surface area contributed by atoms with Gasteiger partial charge in [-0.05, 0) is 24.7 Å². The van der Waals surface area contributed by atoms with E-state index in [1.165, 1.54) is 6.42 Å². The molecule has 0 aromatic rings. The molecule has 3 nitrogen and oxygen atoms in total. The lowest BCUT2D eigenvalue weighted by molar-refractivity contribution is 0.0331. The van der Waals surface area contributed by atoms with E-state index in [4.69, 9.17) is 15.6 Å². The lowest BCUT2D eigenvalue weighted by atomic mass is 10.2. The van der Waals surface area contributed by atoms with E-state index in [2.05, 4.69) is 6.92 Å². The highest BCUT2D eigenvalue weighted by molar-refractivity contribution is 4.89. The largest absolute Gasteiger partial charge is 0.396 e. The fourth-order valence-electron chi connectivity index (χ4n) is 1.53. The van der Waals surface area contributed by atoms with Crippen LogP contribution in [0.25, 0.3) is 0 Å². The van der Waals surface area contributed by atoms with Crippen LogP contribution in [0.3, 0.4) is 0 Å². The zero-order valence-electron chi connectivity index (χ0n) is 7.70. The van der Waals surface area contributed by atoms with Crippen molar-refractivity contribution in [3.8, 4) is 0 Å². The number of hydrogen-bond acceptors (Lipinski definition) is 3. The van der Waals surface area contributed by atoms with Crippen molar-refractivity contribution >= 4 is 0 Å². The van der Waals surface area contributed by atoms with Crippen LogP contribution in [0.1, 0.15) is 19.8 Å². The third kappa shape index (κ3) is 2.73. The zero-order chi connectivity index (χ0) is 8.97. The molecule has 3 unspecified atom stereocenters. The van der Waals surface area contributed by atoms with Crippen molar-refractivity contribution in [2.45, 2.75) is 25.9 Å². The van der Waals surface area contributed by atoms with Gasteiger partial charge in [0.25, 0.3) is 0 Å². The summed E-state index contributed by atoms with van der Waals surface area (Å²) in [6.45, 7) is 3.68. The normalized spacial score (nSPS) is 30.2. The van der Waals surface area contributed by atoms with Gasteiger partial charge in [0.05, 0.1) is 6.10 Å². The Morgan fingerprint density at radius 1 is 1.67 bits per heavy atom. The molecule has 3 heteroatoms. The lowest BCUT2D eigenvalue weighted by Crippen LogP contribution is -2.27. The average molecular weight is 173 g/mol. The van der Waals surface area contributed by atoms with Crippen molar-refractivity contribution in [3.63, 3.8) is 0 Å². The number of aliphatic hydroxyl groups excluding tert-OH is 1. The molecule has 3 N–H and O–H groups in total. The van der Waals surface area contributed by atoms with Crippen LogP contribution in [-0.2, 0) is 4.74 Å². The summed E-state index contributed by atoms with van der Waals surface area (Å²) in [5.74, 6) is 1.46. The first-order valence-corrected chi connectivity index (χ1v) is 4.72. The maximum absolute atomic E-state index is 8.55. The first-order valence-electron chi connectivity index (χ1n) is 4.72. The molecule has 0 spiro atoms. The van der Waals surface area contributed by atoms with Crippen LogP contribution >= 0.6 is 0 Å². The summed E-state index contributed by atoms with van der Waals surface area (Å²) < 4.78 is 5.54. The molecule has 0 bridgehead atoms. The van der Waals surface area contributed by atoms with Crippen LogP contribution in [0.5, 0.6) is 0 Å². The van der Waals surface area contributed by atoms with Crippen molar-refractivity contribution in [2.75, 3.05) is 19.8 Å². The van der Waals surface area contributed by atoms with Gasteiger partial charge in [0.15, 0.2) is 0 Å². The van der Waals surface area contributed by atoms with Gasteiger partial charge < -0.3 is 15.6 Å². The molecule has 0 aromatic carbocycles. The summed E-state index contributed by atoms with van der Waals surface area (Å²) in [5, 5.41) is 8.55. The summed E-state index contributed by atoms with van der Waals surface area (Å²) >= 11 is 0. The topological polar surface area (TPSA) is 55.5 Å². The molecule has 1 fully saturated rings. The van der Waals surface area contributed by atoms with E-state index < -0.39 is 0 Å². The molecule has 12 heavy (non-hydrogen) atoms. The number of hydrogen-bond donors (Lipinski definition) is 2. The van der Waals surface area contributed by atoms with E-state index in [9.17, 15) is 0 Å². The second kappa shape index (κ2) is 4.80. The van der Waals surface area contributed by atoms with Gasteiger partial charge in [-0.15, -0.1) is 0 Å².